The van der Waals surface area contributed by atoms with Crippen LogP contribution in [0, 0.1) is 11.5 Å². The van der Waals surface area contributed by atoms with Gasteiger partial charge in [0.15, 0.2) is 12.3 Å². The number of carbonyl (C=O) groups is 1. The highest BCUT2D eigenvalue weighted by Gasteiger charge is 2.17. The first-order valence-corrected chi connectivity index (χ1v) is 4.68. The van der Waals surface area contributed by atoms with E-state index < -0.39 is 12.0 Å². The first-order valence-electron chi connectivity index (χ1n) is 4.68. The van der Waals surface area contributed by atoms with Crippen molar-refractivity contribution in [1.29, 1.82) is 5.26 Å². The number of nitrogens with zero attached hydrogens (tertiary/aromatic N) is 1. The maximum Gasteiger partial charge on any atom is 0.274 e. The van der Waals surface area contributed by atoms with Gasteiger partial charge >= 0.3 is 0 Å². The van der Waals surface area contributed by atoms with Crippen molar-refractivity contribution >= 4 is 5.91 Å². The van der Waals surface area contributed by atoms with Gasteiger partial charge in [-0.05, 0) is 18.6 Å². The lowest BCUT2D eigenvalue weighted by Crippen LogP contribution is -2.35. The minimum atomic E-state index is -0.618. The smallest absolute Gasteiger partial charge is 0.274 e. The molecule has 0 aliphatic rings. The quantitative estimate of drug-likeness (QED) is 0.596. The molecule has 0 aliphatic carbocycles. The molecule has 0 aliphatic heterocycles. The molecule has 0 saturated carbocycles. The summed E-state index contributed by atoms with van der Waals surface area (Å²) in [6, 6.07) is 9.04. The molecule has 0 fully saturated rings. The lowest BCUT2D eigenvalue weighted by atomic mass is 10.2. The van der Waals surface area contributed by atoms with Crippen LogP contribution in [0.2, 0.25) is 0 Å². The van der Waals surface area contributed by atoms with E-state index in [1.807, 2.05) is 25.1 Å². The van der Waals surface area contributed by atoms with Crippen LogP contribution in [-0.2, 0) is 4.79 Å². The number of carbonyl (C=O) groups excluding carboxylic acids is 1. The Morgan fingerprint density at radius 1 is 1.53 bits per heavy atom. The summed E-state index contributed by atoms with van der Waals surface area (Å²) in [4.78, 5) is 11.3. The summed E-state index contributed by atoms with van der Waals surface area (Å²) >= 11 is 0. The number of amides is 1. The Kier molecular flexibility index (Phi) is 4.17. The number of nitrogens with one attached hydrogen (secondary N) is 1. The largest absolute Gasteiger partial charge is 0.481 e. The van der Waals surface area contributed by atoms with Gasteiger partial charge in [-0.3, -0.25) is 10.1 Å². The summed E-state index contributed by atoms with van der Waals surface area (Å²) in [5.74, 6) is 0.210. The predicted octanol–water partition coefficient (Wildman–Crippen LogP) is 1.44. The second kappa shape index (κ2) is 5.66. The van der Waals surface area contributed by atoms with Gasteiger partial charge in [-0.15, -0.1) is 0 Å². The van der Waals surface area contributed by atoms with E-state index in [9.17, 15) is 4.79 Å². The van der Waals surface area contributed by atoms with Gasteiger partial charge in [-0.1, -0.05) is 25.1 Å². The molecule has 1 rings (SSSR count). The molecular formula is C11H12N2O2. The fraction of sp³-hybridized carbons (Fsp3) is 0.273. The summed E-state index contributed by atoms with van der Waals surface area (Å²) in [5, 5.41) is 10.4. The third kappa shape index (κ3) is 3.31. The topological polar surface area (TPSA) is 62.1 Å². The van der Waals surface area contributed by atoms with Gasteiger partial charge in [0.2, 0.25) is 0 Å². The van der Waals surface area contributed by atoms with Crippen molar-refractivity contribution in [1.82, 2.24) is 5.32 Å². The second-order valence-electron chi connectivity index (χ2n) is 2.93. The monoisotopic (exact) mass is 204 g/mol. The van der Waals surface area contributed by atoms with Gasteiger partial charge in [-0.2, -0.15) is 5.26 Å². The number of nitriles is 1. The Labute approximate surface area is 88.5 Å². The molecule has 4 heteroatoms. The molecule has 0 spiro atoms. The molecule has 0 aromatic heterocycles. The van der Waals surface area contributed by atoms with Crippen LogP contribution in [0.15, 0.2) is 30.3 Å². The summed E-state index contributed by atoms with van der Waals surface area (Å²) in [6.07, 6.45) is 1.49. The third-order valence-corrected chi connectivity index (χ3v) is 1.86. The molecule has 78 valence electrons. The molecule has 0 heterocycles. The fourth-order valence-electron chi connectivity index (χ4n) is 1.12. The van der Waals surface area contributed by atoms with Crippen molar-refractivity contribution < 1.29 is 9.53 Å². The second-order valence-corrected chi connectivity index (χ2v) is 2.93. The van der Waals surface area contributed by atoms with Crippen molar-refractivity contribution in [2.45, 2.75) is 19.4 Å². The zero-order valence-electron chi connectivity index (χ0n) is 8.43. The zero-order valence-corrected chi connectivity index (χ0v) is 8.43. The van der Waals surface area contributed by atoms with E-state index in [1.54, 1.807) is 18.3 Å². The molecule has 0 saturated heterocycles. The summed E-state index contributed by atoms with van der Waals surface area (Å²) in [5.41, 5.74) is 0. The normalized spacial score (nSPS) is 11.2. The minimum absolute atomic E-state index is 0.413. The zero-order chi connectivity index (χ0) is 11.1. The van der Waals surface area contributed by atoms with E-state index >= 15 is 0 Å². The van der Waals surface area contributed by atoms with Gasteiger partial charge < -0.3 is 4.74 Å². The maximum atomic E-state index is 11.3. The summed E-state index contributed by atoms with van der Waals surface area (Å²) < 4.78 is 5.41. The van der Waals surface area contributed by atoms with E-state index in [0.717, 1.165) is 0 Å². The van der Waals surface area contributed by atoms with Crippen LogP contribution in [0.25, 0.3) is 0 Å². The SMILES string of the molecule is CCC(Oc1ccccc1)C(=O)NC#N. The van der Waals surface area contributed by atoms with Crippen molar-refractivity contribution in [2.24, 2.45) is 0 Å². The molecule has 1 unspecified atom stereocenters. The average Bonchev–Trinajstić information content (AvgIpc) is 2.27. The van der Waals surface area contributed by atoms with Crippen LogP contribution in [0.4, 0.5) is 0 Å². The highest BCUT2D eigenvalue weighted by Crippen LogP contribution is 2.12. The summed E-state index contributed by atoms with van der Waals surface area (Å²) in [6.45, 7) is 1.82. The highest BCUT2D eigenvalue weighted by atomic mass is 16.5. The molecule has 1 aromatic carbocycles. The fourth-order valence-corrected chi connectivity index (χ4v) is 1.12. The van der Waals surface area contributed by atoms with Crippen molar-refractivity contribution in [3.63, 3.8) is 0 Å². The van der Waals surface area contributed by atoms with E-state index in [2.05, 4.69) is 5.32 Å². The molecule has 0 radical (unpaired) electrons. The van der Waals surface area contributed by atoms with Gasteiger partial charge in [0, 0.05) is 0 Å². The molecule has 1 aromatic rings. The third-order valence-electron chi connectivity index (χ3n) is 1.86. The van der Waals surface area contributed by atoms with Crippen LogP contribution in [-0.4, -0.2) is 12.0 Å². The van der Waals surface area contributed by atoms with Crippen molar-refractivity contribution in [3.8, 4) is 11.9 Å². The van der Waals surface area contributed by atoms with Gasteiger partial charge in [0.05, 0.1) is 0 Å². The van der Waals surface area contributed by atoms with Crippen LogP contribution < -0.4 is 10.1 Å². The number of benzene rings is 1. The standard InChI is InChI=1S/C11H12N2O2/c1-2-10(11(14)13-8-12)15-9-6-4-3-5-7-9/h3-7,10H,2H2,1H3,(H,13,14). The van der Waals surface area contributed by atoms with Crippen molar-refractivity contribution in [3.05, 3.63) is 30.3 Å². The highest BCUT2D eigenvalue weighted by molar-refractivity contribution is 5.82. The van der Waals surface area contributed by atoms with Crippen LogP contribution in [0.1, 0.15) is 13.3 Å². The Balaban J connectivity index is 2.62. The number of rotatable bonds is 4. The van der Waals surface area contributed by atoms with E-state index in [-0.39, 0.29) is 0 Å². The Bertz CT molecular complexity index is 357. The lowest BCUT2D eigenvalue weighted by molar-refractivity contribution is -0.126. The molecule has 1 N–H and O–H groups in total. The lowest BCUT2D eigenvalue weighted by Gasteiger charge is -2.14. The molecule has 0 bridgehead atoms. The first-order chi connectivity index (χ1) is 7.27. The average molecular weight is 204 g/mol. The molecule has 1 amide bonds. The molecule has 4 nitrogen and oxygen atoms in total. The van der Waals surface area contributed by atoms with E-state index in [0.29, 0.717) is 12.2 Å². The summed E-state index contributed by atoms with van der Waals surface area (Å²) in [7, 11) is 0. The van der Waals surface area contributed by atoms with Gasteiger partial charge in [0.25, 0.3) is 5.91 Å². The number of ether oxygens (including phenoxy) is 1. The first kappa shape index (κ1) is 11.1. The van der Waals surface area contributed by atoms with Crippen LogP contribution >= 0.6 is 0 Å². The van der Waals surface area contributed by atoms with Gasteiger partial charge in [0.1, 0.15) is 5.75 Å². The van der Waals surface area contributed by atoms with E-state index in [1.165, 1.54) is 0 Å². The molecule has 1 atom stereocenters. The molecule has 15 heavy (non-hydrogen) atoms. The number of hydrogen-bond donors (Lipinski definition) is 1. The minimum Gasteiger partial charge on any atom is -0.481 e. The number of para-hydroxylation sites is 1. The van der Waals surface area contributed by atoms with E-state index in [4.69, 9.17) is 10.00 Å². The Morgan fingerprint density at radius 2 is 2.20 bits per heavy atom. The Morgan fingerprint density at radius 3 is 2.73 bits per heavy atom. The number of hydrogen-bond acceptors (Lipinski definition) is 3. The maximum absolute atomic E-state index is 11.3. The Hall–Kier alpha value is -2.02. The van der Waals surface area contributed by atoms with Crippen LogP contribution in [0.3, 0.4) is 0 Å². The van der Waals surface area contributed by atoms with Crippen LogP contribution in [0.5, 0.6) is 5.75 Å². The predicted molar refractivity (Wildman–Crippen MR) is 54.9 cm³/mol. The van der Waals surface area contributed by atoms with Crippen molar-refractivity contribution in [2.75, 3.05) is 0 Å². The van der Waals surface area contributed by atoms with Gasteiger partial charge in [-0.25, -0.2) is 0 Å². The molecular weight excluding hydrogens is 192 g/mol.